The number of aromatic nitrogens is 2. The number of aryl methyl sites for hydroxylation is 2. The molecule has 0 saturated carbocycles. The van der Waals surface area contributed by atoms with Gasteiger partial charge < -0.3 is 15.0 Å². The number of nitrogens with zero attached hydrogens (tertiary/aromatic N) is 1. The molecule has 0 bridgehead atoms. The van der Waals surface area contributed by atoms with E-state index in [1.807, 2.05) is 13.8 Å². The van der Waals surface area contributed by atoms with Gasteiger partial charge in [-0.3, -0.25) is 9.89 Å². The van der Waals surface area contributed by atoms with Gasteiger partial charge in [0.15, 0.2) is 0 Å². The molecule has 1 aliphatic heterocycles. The van der Waals surface area contributed by atoms with Crippen LogP contribution in [0, 0.1) is 13.8 Å². The number of nitrogens with one attached hydrogen (secondary N) is 2. The topological polar surface area (TPSA) is 87.2 Å². The van der Waals surface area contributed by atoms with Crippen molar-refractivity contribution in [2.24, 2.45) is 0 Å². The van der Waals surface area contributed by atoms with Gasteiger partial charge in [0.2, 0.25) is 0 Å². The molecule has 1 aromatic heterocycles. The van der Waals surface area contributed by atoms with E-state index >= 15 is 0 Å². The van der Waals surface area contributed by atoms with Crippen molar-refractivity contribution in [1.82, 2.24) is 15.5 Å². The molecule has 2 heterocycles. The predicted octanol–water partition coefficient (Wildman–Crippen LogP) is 0.217. The summed E-state index contributed by atoms with van der Waals surface area (Å²) in [5.41, 5.74) is 5.33. The summed E-state index contributed by atoms with van der Waals surface area (Å²) in [7, 11) is -0.876. The molecule has 1 aromatic carbocycles. The summed E-state index contributed by atoms with van der Waals surface area (Å²) >= 11 is 0. The summed E-state index contributed by atoms with van der Waals surface area (Å²) in [6, 6.07) is 5.22. The van der Waals surface area contributed by atoms with E-state index in [1.54, 1.807) is 18.2 Å². The van der Waals surface area contributed by atoms with E-state index in [-0.39, 0.29) is 5.91 Å². The highest BCUT2D eigenvalue weighted by Crippen LogP contribution is 2.12. The molecular formula is C15H18BN3O3. The number of hydrogen-bond acceptors (Lipinski definition) is 4. The molecule has 7 heteroatoms. The van der Waals surface area contributed by atoms with Gasteiger partial charge in [-0.05, 0) is 49.0 Å². The van der Waals surface area contributed by atoms with E-state index in [2.05, 4.69) is 15.5 Å². The lowest BCUT2D eigenvalue weighted by Gasteiger charge is -2.07. The Morgan fingerprint density at radius 3 is 3.05 bits per heavy atom. The molecule has 6 nitrogen and oxygen atoms in total. The zero-order valence-electron chi connectivity index (χ0n) is 12.6. The first kappa shape index (κ1) is 14.8. The van der Waals surface area contributed by atoms with Crippen LogP contribution >= 0.6 is 0 Å². The van der Waals surface area contributed by atoms with Crippen LogP contribution in [0.1, 0.15) is 32.9 Å². The van der Waals surface area contributed by atoms with Crippen LogP contribution in [0.5, 0.6) is 0 Å². The fourth-order valence-electron chi connectivity index (χ4n) is 2.72. The Morgan fingerprint density at radius 2 is 2.32 bits per heavy atom. The maximum Gasteiger partial charge on any atom is 0.491 e. The Balaban J connectivity index is 1.61. The normalized spacial score (nSPS) is 13.3. The molecule has 1 aliphatic rings. The summed E-state index contributed by atoms with van der Waals surface area (Å²) in [6.07, 6.45) is 0.743. The van der Waals surface area contributed by atoms with Gasteiger partial charge in [-0.2, -0.15) is 5.10 Å². The Kier molecular flexibility index (Phi) is 4.00. The molecule has 0 fully saturated rings. The molecule has 0 saturated heterocycles. The summed E-state index contributed by atoms with van der Waals surface area (Å²) in [5, 5.41) is 19.6. The summed E-state index contributed by atoms with van der Waals surface area (Å²) < 4.78 is 5.13. The molecule has 114 valence electrons. The van der Waals surface area contributed by atoms with E-state index in [0.717, 1.165) is 34.4 Å². The first-order valence-corrected chi connectivity index (χ1v) is 7.27. The van der Waals surface area contributed by atoms with Crippen molar-refractivity contribution in [1.29, 1.82) is 0 Å². The number of benzene rings is 1. The minimum Gasteiger partial charge on any atom is -0.423 e. The van der Waals surface area contributed by atoms with Crippen LogP contribution in [0.3, 0.4) is 0 Å². The Morgan fingerprint density at radius 1 is 1.50 bits per heavy atom. The summed E-state index contributed by atoms with van der Waals surface area (Å²) in [5.74, 6) is -0.122. The molecule has 0 radical (unpaired) electrons. The number of carbonyl (C=O) groups excluding carboxylic acids is 1. The van der Waals surface area contributed by atoms with Crippen molar-refractivity contribution in [2.45, 2.75) is 26.9 Å². The quantitative estimate of drug-likeness (QED) is 0.705. The van der Waals surface area contributed by atoms with Gasteiger partial charge in [0.1, 0.15) is 0 Å². The van der Waals surface area contributed by atoms with E-state index in [0.29, 0.717) is 18.7 Å². The molecule has 1 amide bonds. The highest BCUT2D eigenvalue weighted by Gasteiger charge is 2.27. The highest BCUT2D eigenvalue weighted by atomic mass is 16.5. The minimum absolute atomic E-state index is 0.122. The van der Waals surface area contributed by atoms with Gasteiger partial charge in [-0.25, -0.2) is 0 Å². The zero-order valence-corrected chi connectivity index (χ0v) is 12.6. The lowest BCUT2D eigenvalue weighted by Crippen LogP contribution is -2.29. The van der Waals surface area contributed by atoms with Crippen LogP contribution in [0.2, 0.25) is 0 Å². The predicted molar refractivity (Wildman–Crippen MR) is 82.9 cm³/mol. The molecule has 0 spiro atoms. The fraction of sp³-hybridized carbons (Fsp3) is 0.333. The molecule has 0 atom stereocenters. The van der Waals surface area contributed by atoms with Crippen LogP contribution in [-0.2, 0) is 17.7 Å². The van der Waals surface area contributed by atoms with E-state index in [9.17, 15) is 9.82 Å². The Labute approximate surface area is 129 Å². The van der Waals surface area contributed by atoms with Crippen LogP contribution < -0.4 is 10.8 Å². The van der Waals surface area contributed by atoms with Crippen LogP contribution in [0.25, 0.3) is 0 Å². The van der Waals surface area contributed by atoms with Crippen molar-refractivity contribution >= 4 is 18.5 Å². The zero-order chi connectivity index (χ0) is 15.7. The van der Waals surface area contributed by atoms with Crippen LogP contribution in [-0.4, -0.2) is 34.8 Å². The number of H-pyrrole nitrogens is 1. The molecule has 3 rings (SSSR count). The third-order valence-corrected chi connectivity index (χ3v) is 4.01. The third-order valence-electron chi connectivity index (χ3n) is 4.01. The molecule has 0 unspecified atom stereocenters. The van der Waals surface area contributed by atoms with Gasteiger partial charge in [-0.1, -0.05) is 6.07 Å². The van der Waals surface area contributed by atoms with Crippen molar-refractivity contribution in [3.05, 3.63) is 46.3 Å². The Bertz CT molecular complexity index is 695. The number of rotatable bonds is 4. The van der Waals surface area contributed by atoms with Crippen molar-refractivity contribution < 1.29 is 14.5 Å². The number of carbonyl (C=O) groups is 1. The lowest BCUT2D eigenvalue weighted by atomic mass is 9.79. The number of amides is 1. The standard InChI is InChI=1S/C15H18BN3O3/c1-9-13(10(2)19-18-9)5-6-17-15(20)11-3-4-14-12(7-11)8-22-16(14)21/h3-4,7,21H,5-6,8H2,1-2H3,(H,17,20)(H,18,19). The average Bonchev–Trinajstić information content (AvgIpc) is 3.03. The second-order valence-corrected chi connectivity index (χ2v) is 5.50. The average molecular weight is 299 g/mol. The summed E-state index contributed by atoms with van der Waals surface area (Å²) in [6.45, 7) is 4.82. The smallest absolute Gasteiger partial charge is 0.423 e. The minimum atomic E-state index is -0.876. The second kappa shape index (κ2) is 5.94. The molecule has 3 N–H and O–H groups in total. The van der Waals surface area contributed by atoms with E-state index < -0.39 is 7.12 Å². The number of aromatic amines is 1. The van der Waals surface area contributed by atoms with Gasteiger partial charge in [0.05, 0.1) is 12.3 Å². The van der Waals surface area contributed by atoms with Gasteiger partial charge in [0, 0.05) is 17.8 Å². The molecule has 0 aliphatic carbocycles. The first-order chi connectivity index (χ1) is 10.6. The number of fused-ring (bicyclic) bond motifs is 1. The molecular weight excluding hydrogens is 281 g/mol. The first-order valence-electron chi connectivity index (χ1n) is 7.27. The van der Waals surface area contributed by atoms with Crippen LogP contribution in [0.15, 0.2) is 18.2 Å². The van der Waals surface area contributed by atoms with E-state index in [4.69, 9.17) is 4.65 Å². The SMILES string of the molecule is Cc1n[nH]c(C)c1CCNC(=O)c1ccc2c(c1)COB2O. The van der Waals surface area contributed by atoms with Gasteiger partial charge in [-0.15, -0.1) is 0 Å². The Hall–Kier alpha value is -2.12. The van der Waals surface area contributed by atoms with Gasteiger partial charge in [0.25, 0.3) is 5.91 Å². The van der Waals surface area contributed by atoms with Crippen molar-refractivity contribution in [2.75, 3.05) is 6.54 Å². The summed E-state index contributed by atoms with van der Waals surface area (Å²) in [4.78, 5) is 12.2. The maximum absolute atomic E-state index is 12.2. The van der Waals surface area contributed by atoms with E-state index in [1.165, 1.54) is 0 Å². The fourth-order valence-corrected chi connectivity index (χ4v) is 2.72. The van der Waals surface area contributed by atoms with Crippen molar-refractivity contribution in [3.8, 4) is 0 Å². The second-order valence-electron chi connectivity index (χ2n) is 5.50. The number of hydrogen-bond donors (Lipinski definition) is 3. The largest absolute Gasteiger partial charge is 0.491 e. The molecule has 2 aromatic rings. The van der Waals surface area contributed by atoms with Crippen molar-refractivity contribution in [3.63, 3.8) is 0 Å². The third kappa shape index (κ3) is 2.77. The van der Waals surface area contributed by atoms with Gasteiger partial charge >= 0.3 is 7.12 Å². The highest BCUT2D eigenvalue weighted by molar-refractivity contribution is 6.61. The maximum atomic E-state index is 12.2. The van der Waals surface area contributed by atoms with Crippen LogP contribution in [0.4, 0.5) is 0 Å². The monoisotopic (exact) mass is 299 g/mol. The molecule has 22 heavy (non-hydrogen) atoms. The lowest BCUT2D eigenvalue weighted by molar-refractivity contribution is 0.0954.